The molecule has 1 aliphatic rings. The molecule has 118 valence electrons. The Kier molecular flexibility index (Phi) is 4.93. The van der Waals surface area contributed by atoms with E-state index >= 15 is 0 Å². The van der Waals surface area contributed by atoms with Crippen molar-refractivity contribution in [2.45, 2.75) is 25.0 Å². The van der Waals surface area contributed by atoms with Crippen LogP contribution in [0.4, 0.5) is 0 Å². The minimum Gasteiger partial charge on any atom is -0.491 e. The van der Waals surface area contributed by atoms with Gasteiger partial charge in [-0.3, -0.25) is 0 Å². The molecule has 2 N–H and O–H groups in total. The first-order valence-electron chi connectivity index (χ1n) is 7.91. The van der Waals surface area contributed by atoms with E-state index in [1.807, 2.05) is 30.3 Å². The van der Waals surface area contributed by atoms with Gasteiger partial charge in [-0.15, -0.1) is 0 Å². The summed E-state index contributed by atoms with van der Waals surface area (Å²) < 4.78 is 5.71. The van der Waals surface area contributed by atoms with Gasteiger partial charge in [0.05, 0.1) is 6.10 Å². The quantitative estimate of drug-likeness (QED) is 0.887. The first-order valence-corrected chi connectivity index (χ1v) is 7.91. The third kappa shape index (κ3) is 3.97. The molecule has 4 heteroatoms. The number of hydrogen-bond donors (Lipinski definition) is 2. The fourth-order valence-electron chi connectivity index (χ4n) is 2.90. The number of piperidine rings is 1. The molecule has 3 rings (SSSR count). The number of hydrogen-bond acceptors (Lipinski definition) is 4. The number of ether oxygens (including phenoxy) is 1. The first kappa shape index (κ1) is 15.3. The van der Waals surface area contributed by atoms with Crippen LogP contribution in [0.15, 0.2) is 42.5 Å². The second kappa shape index (κ2) is 7.09. The summed E-state index contributed by atoms with van der Waals surface area (Å²) in [4.78, 5) is 2.18. The number of likely N-dealkylation sites (tertiary alicyclic amines) is 1. The number of rotatable bonds is 5. The highest BCUT2D eigenvalue weighted by Crippen LogP contribution is 2.20. The van der Waals surface area contributed by atoms with Crippen molar-refractivity contribution in [3.8, 4) is 5.75 Å². The van der Waals surface area contributed by atoms with Gasteiger partial charge in [-0.25, -0.2) is 0 Å². The fourth-order valence-corrected chi connectivity index (χ4v) is 2.90. The van der Waals surface area contributed by atoms with Gasteiger partial charge in [0.25, 0.3) is 0 Å². The molecule has 22 heavy (non-hydrogen) atoms. The predicted octanol–water partition coefficient (Wildman–Crippen LogP) is 2.04. The topological polar surface area (TPSA) is 52.9 Å². The summed E-state index contributed by atoms with van der Waals surface area (Å²) in [7, 11) is 0. The summed E-state index contributed by atoms with van der Waals surface area (Å²) in [5.74, 6) is 0.784. The summed E-state index contributed by atoms with van der Waals surface area (Å²) in [5.41, 5.74) is 0. The van der Waals surface area contributed by atoms with Crippen molar-refractivity contribution in [3.63, 3.8) is 0 Å². The third-order valence-electron chi connectivity index (χ3n) is 4.19. The lowest BCUT2D eigenvalue weighted by Crippen LogP contribution is -2.41. The van der Waals surface area contributed by atoms with Crippen LogP contribution in [0, 0.1) is 0 Å². The molecule has 2 aromatic carbocycles. The molecule has 0 bridgehead atoms. The molecule has 0 radical (unpaired) electrons. The van der Waals surface area contributed by atoms with Gasteiger partial charge in [0.15, 0.2) is 0 Å². The monoisotopic (exact) mass is 301 g/mol. The van der Waals surface area contributed by atoms with Crippen LogP contribution in [0.2, 0.25) is 0 Å². The van der Waals surface area contributed by atoms with Gasteiger partial charge in [0.1, 0.15) is 18.5 Å². The van der Waals surface area contributed by atoms with Crippen LogP contribution in [0.1, 0.15) is 12.8 Å². The largest absolute Gasteiger partial charge is 0.491 e. The van der Waals surface area contributed by atoms with Crippen molar-refractivity contribution in [3.05, 3.63) is 42.5 Å². The standard InChI is InChI=1S/C18H23NO3/c20-16-7-9-19(10-8-16)12-17(21)13-22-18-6-5-14-3-1-2-4-15(14)11-18/h1-6,11,16-17,20-21H,7-10,12-13H2. The van der Waals surface area contributed by atoms with Crippen molar-refractivity contribution in [1.82, 2.24) is 4.90 Å². The smallest absolute Gasteiger partial charge is 0.120 e. The van der Waals surface area contributed by atoms with E-state index in [0.29, 0.717) is 6.54 Å². The SMILES string of the molecule is OC1CCN(CC(O)COc2ccc3ccccc3c2)CC1. The Labute approximate surface area is 130 Å². The van der Waals surface area contributed by atoms with Gasteiger partial charge in [-0.05, 0) is 35.7 Å². The van der Waals surface area contributed by atoms with Gasteiger partial charge in [-0.1, -0.05) is 30.3 Å². The zero-order chi connectivity index (χ0) is 15.4. The van der Waals surface area contributed by atoms with Crippen LogP contribution < -0.4 is 4.74 Å². The Bertz CT molecular complexity index is 608. The number of aliphatic hydroxyl groups excluding tert-OH is 2. The second-order valence-corrected chi connectivity index (χ2v) is 6.01. The molecule has 1 aliphatic heterocycles. The Morgan fingerprint density at radius 2 is 1.82 bits per heavy atom. The zero-order valence-electron chi connectivity index (χ0n) is 12.7. The Morgan fingerprint density at radius 3 is 2.59 bits per heavy atom. The van der Waals surface area contributed by atoms with Crippen molar-refractivity contribution in [1.29, 1.82) is 0 Å². The Morgan fingerprint density at radius 1 is 1.09 bits per heavy atom. The van der Waals surface area contributed by atoms with Gasteiger partial charge >= 0.3 is 0 Å². The maximum Gasteiger partial charge on any atom is 0.120 e. The molecule has 1 fully saturated rings. The fraction of sp³-hybridized carbons (Fsp3) is 0.444. The van der Waals surface area contributed by atoms with E-state index in [2.05, 4.69) is 17.0 Å². The molecule has 0 saturated carbocycles. The van der Waals surface area contributed by atoms with E-state index in [-0.39, 0.29) is 12.7 Å². The molecule has 1 unspecified atom stereocenters. The maximum atomic E-state index is 10.1. The van der Waals surface area contributed by atoms with Crippen LogP contribution >= 0.6 is 0 Å². The number of nitrogens with zero attached hydrogens (tertiary/aromatic N) is 1. The van der Waals surface area contributed by atoms with Crippen molar-refractivity contribution in [2.75, 3.05) is 26.2 Å². The summed E-state index contributed by atoms with van der Waals surface area (Å²) in [6.45, 7) is 2.57. The zero-order valence-corrected chi connectivity index (χ0v) is 12.7. The number of fused-ring (bicyclic) bond motifs is 1. The van der Waals surface area contributed by atoms with Crippen LogP contribution in [0.3, 0.4) is 0 Å². The minimum absolute atomic E-state index is 0.178. The lowest BCUT2D eigenvalue weighted by molar-refractivity contribution is 0.0338. The van der Waals surface area contributed by atoms with Gasteiger partial charge in [0.2, 0.25) is 0 Å². The molecule has 0 aliphatic carbocycles. The lowest BCUT2D eigenvalue weighted by atomic mass is 10.1. The molecule has 1 saturated heterocycles. The van der Waals surface area contributed by atoms with E-state index in [4.69, 9.17) is 4.74 Å². The highest BCUT2D eigenvalue weighted by molar-refractivity contribution is 5.83. The summed E-state index contributed by atoms with van der Waals surface area (Å²) in [6.07, 6.45) is 0.889. The van der Waals surface area contributed by atoms with Crippen molar-refractivity contribution >= 4 is 10.8 Å². The van der Waals surface area contributed by atoms with E-state index < -0.39 is 6.10 Å². The Hall–Kier alpha value is -1.62. The normalized spacial score (nSPS) is 18.5. The second-order valence-electron chi connectivity index (χ2n) is 6.01. The maximum absolute atomic E-state index is 10.1. The molecular formula is C18H23NO3. The molecule has 1 heterocycles. The highest BCUT2D eigenvalue weighted by atomic mass is 16.5. The van der Waals surface area contributed by atoms with Crippen LogP contribution in [-0.2, 0) is 0 Å². The summed E-state index contributed by atoms with van der Waals surface area (Å²) >= 11 is 0. The highest BCUT2D eigenvalue weighted by Gasteiger charge is 2.19. The minimum atomic E-state index is -0.512. The molecule has 4 nitrogen and oxygen atoms in total. The molecule has 0 spiro atoms. The van der Waals surface area contributed by atoms with Crippen molar-refractivity contribution in [2.24, 2.45) is 0 Å². The molecule has 0 aromatic heterocycles. The van der Waals surface area contributed by atoms with Gasteiger partial charge in [0, 0.05) is 19.6 Å². The van der Waals surface area contributed by atoms with Gasteiger partial charge < -0.3 is 19.8 Å². The average molecular weight is 301 g/mol. The Balaban J connectivity index is 1.50. The van der Waals surface area contributed by atoms with E-state index in [1.165, 1.54) is 5.39 Å². The van der Waals surface area contributed by atoms with Crippen LogP contribution in [0.5, 0.6) is 5.75 Å². The van der Waals surface area contributed by atoms with Crippen molar-refractivity contribution < 1.29 is 14.9 Å². The average Bonchev–Trinajstić information content (AvgIpc) is 2.55. The first-order chi connectivity index (χ1) is 10.7. The van der Waals surface area contributed by atoms with E-state index in [9.17, 15) is 10.2 Å². The molecular weight excluding hydrogens is 278 g/mol. The van der Waals surface area contributed by atoms with Gasteiger partial charge in [-0.2, -0.15) is 0 Å². The van der Waals surface area contributed by atoms with Crippen LogP contribution in [-0.4, -0.2) is 53.6 Å². The molecule has 1 atom stereocenters. The van der Waals surface area contributed by atoms with Crippen LogP contribution in [0.25, 0.3) is 10.8 Å². The van der Waals surface area contributed by atoms with E-state index in [0.717, 1.165) is 37.1 Å². The third-order valence-corrected chi connectivity index (χ3v) is 4.19. The van der Waals surface area contributed by atoms with E-state index in [1.54, 1.807) is 0 Å². The molecule has 0 amide bonds. The number of β-amino-alcohol motifs (C(OH)–C–C–N with tert-alkyl or cyclic N) is 1. The summed E-state index contributed by atoms with van der Waals surface area (Å²) in [5, 5.41) is 21.9. The summed E-state index contributed by atoms with van der Waals surface area (Å²) in [6, 6.07) is 14.1. The number of aliphatic hydroxyl groups is 2. The number of benzene rings is 2. The molecule has 2 aromatic rings. The predicted molar refractivity (Wildman–Crippen MR) is 87.1 cm³/mol. The lowest BCUT2D eigenvalue weighted by Gasteiger charge is -2.30.